The Morgan fingerprint density at radius 3 is 2.56 bits per heavy atom. The molecule has 1 atom stereocenters. The van der Waals surface area contributed by atoms with E-state index in [1.54, 1.807) is 6.92 Å². The summed E-state index contributed by atoms with van der Waals surface area (Å²) in [5.41, 5.74) is 2.38. The number of hydrogen-bond donors (Lipinski definition) is 1. The normalized spacial score (nSPS) is 20.6. The van der Waals surface area contributed by atoms with Crippen LogP contribution in [0.3, 0.4) is 0 Å². The van der Waals surface area contributed by atoms with Crippen LogP contribution in [0.2, 0.25) is 0 Å². The second-order valence-electron chi connectivity index (χ2n) is 7.84. The number of benzene rings is 1. The SMILES string of the molecule is CC(=O)N1CCc2ccccc2C1CC(=O)NCCCN1CCCCCC1. The molecular formula is C22H33N3O2. The first-order valence-electron chi connectivity index (χ1n) is 10.5. The van der Waals surface area contributed by atoms with Gasteiger partial charge in [-0.25, -0.2) is 0 Å². The van der Waals surface area contributed by atoms with Crippen LogP contribution in [0, 0.1) is 0 Å². The van der Waals surface area contributed by atoms with Crippen LogP contribution in [0.1, 0.15) is 62.6 Å². The fraction of sp³-hybridized carbons (Fsp3) is 0.636. The molecule has 1 saturated heterocycles. The highest BCUT2D eigenvalue weighted by molar-refractivity contribution is 5.79. The van der Waals surface area contributed by atoms with Gasteiger partial charge < -0.3 is 15.1 Å². The molecule has 0 bridgehead atoms. The van der Waals surface area contributed by atoms with Crippen molar-refractivity contribution in [3.05, 3.63) is 35.4 Å². The molecule has 1 aromatic rings. The standard InChI is InChI=1S/C22H33N3O2/c1-18(26)25-16-11-19-9-4-5-10-20(19)21(25)17-22(27)23-12-8-15-24-13-6-2-3-7-14-24/h4-5,9-10,21H,2-3,6-8,11-17H2,1H3,(H,23,27). The van der Waals surface area contributed by atoms with Gasteiger partial charge in [0.05, 0.1) is 12.5 Å². The molecular weight excluding hydrogens is 338 g/mol. The van der Waals surface area contributed by atoms with Crippen molar-refractivity contribution in [2.45, 2.75) is 57.9 Å². The third-order valence-electron chi connectivity index (χ3n) is 5.87. The van der Waals surface area contributed by atoms with E-state index in [1.807, 2.05) is 17.0 Å². The van der Waals surface area contributed by atoms with E-state index in [0.29, 0.717) is 19.5 Å². The van der Waals surface area contributed by atoms with Crippen LogP contribution in [0.15, 0.2) is 24.3 Å². The van der Waals surface area contributed by atoms with Crippen LogP contribution in [0.25, 0.3) is 0 Å². The van der Waals surface area contributed by atoms with E-state index in [0.717, 1.165) is 24.9 Å². The second-order valence-corrected chi connectivity index (χ2v) is 7.84. The highest BCUT2D eigenvalue weighted by Crippen LogP contribution is 2.32. The van der Waals surface area contributed by atoms with E-state index in [-0.39, 0.29) is 17.9 Å². The maximum atomic E-state index is 12.5. The summed E-state index contributed by atoms with van der Waals surface area (Å²) >= 11 is 0. The highest BCUT2D eigenvalue weighted by atomic mass is 16.2. The molecule has 0 aliphatic carbocycles. The van der Waals surface area contributed by atoms with E-state index < -0.39 is 0 Å². The molecule has 2 heterocycles. The Morgan fingerprint density at radius 1 is 1.07 bits per heavy atom. The minimum Gasteiger partial charge on any atom is -0.356 e. The highest BCUT2D eigenvalue weighted by Gasteiger charge is 2.30. The first-order chi connectivity index (χ1) is 13.1. The Balaban J connectivity index is 1.49. The number of likely N-dealkylation sites (tertiary alicyclic amines) is 1. The molecule has 148 valence electrons. The summed E-state index contributed by atoms with van der Waals surface area (Å²) in [5, 5.41) is 3.07. The third-order valence-corrected chi connectivity index (χ3v) is 5.87. The zero-order valence-corrected chi connectivity index (χ0v) is 16.6. The van der Waals surface area contributed by atoms with Gasteiger partial charge in [0, 0.05) is 20.0 Å². The number of nitrogens with one attached hydrogen (secondary N) is 1. The molecule has 2 aliphatic rings. The van der Waals surface area contributed by atoms with Crippen molar-refractivity contribution in [2.75, 3.05) is 32.7 Å². The predicted molar refractivity (Wildman–Crippen MR) is 107 cm³/mol. The molecule has 3 rings (SSSR count). The maximum Gasteiger partial charge on any atom is 0.222 e. The molecule has 5 heteroatoms. The smallest absolute Gasteiger partial charge is 0.222 e. The molecule has 1 aromatic carbocycles. The van der Waals surface area contributed by atoms with Crippen LogP contribution >= 0.6 is 0 Å². The van der Waals surface area contributed by atoms with Crippen molar-refractivity contribution in [2.24, 2.45) is 0 Å². The van der Waals surface area contributed by atoms with Gasteiger partial charge in [-0.05, 0) is 56.4 Å². The Morgan fingerprint density at radius 2 is 1.81 bits per heavy atom. The van der Waals surface area contributed by atoms with Crippen molar-refractivity contribution in [1.82, 2.24) is 15.1 Å². The lowest BCUT2D eigenvalue weighted by Gasteiger charge is -2.36. The average Bonchev–Trinajstić information content (AvgIpc) is 2.94. The van der Waals surface area contributed by atoms with Crippen LogP contribution < -0.4 is 5.32 Å². The van der Waals surface area contributed by atoms with Crippen molar-refractivity contribution in [3.8, 4) is 0 Å². The molecule has 0 aromatic heterocycles. The monoisotopic (exact) mass is 371 g/mol. The van der Waals surface area contributed by atoms with E-state index in [1.165, 1.54) is 44.3 Å². The Kier molecular flexibility index (Phi) is 7.27. The van der Waals surface area contributed by atoms with Crippen molar-refractivity contribution in [1.29, 1.82) is 0 Å². The average molecular weight is 372 g/mol. The van der Waals surface area contributed by atoms with Gasteiger partial charge in [0.25, 0.3) is 0 Å². The summed E-state index contributed by atoms with van der Waals surface area (Å²) in [6.07, 6.45) is 7.50. The summed E-state index contributed by atoms with van der Waals surface area (Å²) in [6.45, 7) is 6.45. The van der Waals surface area contributed by atoms with Gasteiger partial charge in [0.1, 0.15) is 0 Å². The van der Waals surface area contributed by atoms with E-state index in [9.17, 15) is 9.59 Å². The lowest BCUT2D eigenvalue weighted by atomic mass is 9.90. The molecule has 0 spiro atoms. The Bertz CT molecular complexity index is 638. The molecule has 2 amide bonds. The van der Waals surface area contributed by atoms with Gasteiger partial charge in [-0.3, -0.25) is 9.59 Å². The number of carbonyl (C=O) groups is 2. The van der Waals surface area contributed by atoms with Crippen LogP contribution in [0.4, 0.5) is 0 Å². The molecule has 1 fully saturated rings. The number of amides is 2. The van der Waals surface area contributed by atoms with E-state index in [4.69, 9.17) is 0 Å². The van der Waals surface area contributed by atoms with Gasteiger partial charge in [-0.2, -0.15) is 0 Å². The van der Waals surface area contributed by atoms with Gasteiger partial charge in [-0.1, -0.05) is 37.1 Å². The summed E-state index contributed by atoms with van der Waals surface area (Å²) < 4.78 is 0. The fourth-order valence-electron chi connectivity index (χ4n) is 4.39. The summed E-state index contributed by atoms with van der Waals surface area (Å²) in [7, 11) is 0. The van der Waals surface area contributed by atoms with Gasteiger partial charge in [0.15, 0.2) is 0 Å². The third kappa shape index (κ3) is 5.55. The first-order valence-corrected chi connectivity index (χ1v) is 10.5. The first kappa shape index (κ1) is 19.9. The molecule has 2 aliphatic heterocycles. The topological polar surface area (TPSA) is 52.7 Å². The van der Waals surface area contributed by atoms with Gasteiger partial charge in [-0.15, -0.1) is 0 Å². The molecule has 1 unspecified atom stereocenters. The number of hydrogen-bond acceptors (Lipinski definition) is 3. The quantitative estimate of drug-likeness (QED) is 0.783. The fourth-order valence-corrected chi connectivity index (χ4v) is 4.39. The minimum absolute atomic E-state index is 0.0406. The summed E-state index contributed by atoms with van der Waals surface area (Å²) in [6, 6.07) is 8.05. The maximum absolute atomic E-state index is 12.5. The molecule has 5 nitrogen and oxygen atoms in total. The minimum atomic E-state index is -0.141. The zero-order valence-electron chi connectivity index (χ0n) is 16.6. The Labute approximate surface area is 163 Å². The molecule has 1 N–H and O–H groups in total. The number of rotatable bonds is 6. The van der Waals surface area contributed by atoms with E-state index in [2.05, 4.69) is 22.3 Å². The lowest BCUT2D eigenvalue weighted by Crippen LogP contribution is -2.41. The van der Waals surface area contributed by atoms with Crippen molar-refractivity contribution < 1.29 is 9.59 Å². The van der Waals surface area contributed by atoms with Gasteiger partial charge >= 0.3 is 0 Å². The zero-order chi connectivity index (χ0) is 19.1. The number of fused-ring (bicyclic) bond motifs is 1. The van der Waals surface area contributed by atoms with Crippen LogP contribution in [0.5, 0.6) is 0 Å². The van der Waals surface area contributed by atoms with E-state index >= 15 is 0 Å². The van der Waals surface area contributed by atoms with Crippen LogP contribution in [-0.4, -0.2) is 54.3 Å². The predicted octanol–water partition coefficient (Wildman–Crippen LogP) is 2.90. The van der Waals surface area contributed by atoms with Crippen LogP contribution in [-0.2, 0) is 16.0 Å². The Hall–Kier alpha value is -1.88. The van der Waals surface area contributed by atoms with Gasteiger partial charge in [0.2, 0.25) is 11.8 Å². The second kappa shape index (κ2) is 9.88. The van der Waals surface area contributed by atoms with Crippen molar-refractivity contribution >= 4 is 11.8 Å². The largest absolute Gasteiger partial charge is 0.356 e. The number of carbonyl (C=O) groups excluding carboxylic acids is 2. The number of nitrogens with zero attached hydrogens (tertiary/aromatic N) is 2. The summed E-state index contributed by atoms with van der Waals surface area (Å²) in [5.74, 6) is 0.0855. The molecule has 0 saturated carbocycles. The summed E-state index contributed by atoms with van der Waals surface area (Å²) in [4.78, 5) is 29.0. The lowest BCUT2D eigenvalue weighted by molar-refractivity contribution is -0.133. The van der Waals surface area contributed by atoms with Crippen molar-refractivity contribution in [3.63, 3.8) is 0 Å². The molecule has 0 radical (unpaired) electrons. The molecule has 27 heavy (non-hydrogen) atoms.